The number of nitrogens with zero attached hydrogens (tertiary/aromatic N) is 1. The third-order valence-electron chi connectivity index (χ3n) is 3.15. The van der Waals surface area contributed by atoms with E-state index in [1.54, 1.807) is 14.0 Å². The monoisotopic (exact) mass is 315 g/mol. The van der Waals surface area contributed by atoms with Gasteiger partial charge in [0, 0.05) is 28.9 Å². The Bertz CT molecular complexity index is 708. The second kappa shape index (κ2) is 7.09. The Morgan fingerprint density at radius 1 is 1.18 bits per heavy atom. The molecule has 2 aromatic carbocycles. The van der Waals surface area contributed by atoms with Gasteiger partial charge in [0.25, 0.3) is 0 Å². The third-order valence-corrected chi connectivity index (χ3v) is 3.40. The quantitative estimate of drug-likeness (QED) is 0.655. The fourth-order valence-corrected chi connectivity index (χ4v) is 2.25. The van der Waals surface area contributed by atoms with Crippen LogP contribution in [0.5, 0.6) is 5.75 Å². The predicted octanol–water partition coefficient (Wildman–Crippen LogP) is 4.22. The number of hydrogen-bond acceptors (Lipinski definition) is 3. The first-order valence-corrected chi connectivity index (χ1v) is 7.19. The SMILES string of the molecule is CNc1ccc(OC)cc1/C(=N\C(C)=N)c1ccc(Cl)cc1. The zero-order chi connectivity index (χ0) is 16.1. The van der Waals surface area contributed by atoms with Crippen LogP contribution in [0.25, 0.3) is 0 Å². The first kappa shape index (κ1) is 16.0. The minimum atomic E-state index is 0.231. The molecule has 0 heterocycles. The summed E-state index contributed by atoms with van der Waals surface area (Å²) in [6, 6.07) is 13.1. The third kappa shape index (κ3) is 3.65. The molecular formula is C17H18ClN3O. The lowest BCUT2D eigenvalue weighted by Gasteiger charge is -2.14. The molecule has 0 saturated heterocycles. The molecule has 5 heteroatoms. The highest BCUT2D eigenvalue weighted by Gasteiger charge is 2.13. The Kier molecular flexibility index (Phi) is 5.17. The van der Waals surface area contributed by atoms with Gasteiger partial charge in [0.2, 0.25) is 0 Å². The lowest BCUT2D eigenvalue weighted by molar-refractivity contribution is 0.415. The van der Waals surface area contributed by atoms with Gasteiger partial charge >= 0.3 is 0 Å². The Morgan fingerprint density at radius 3 is 2.41 bits per heavy atom. The van der Waals surface area contributed by atoms with Crippen molar-refractivity contribution >= 4 is 28.8 Å². The van der Waals surface area contributed by atoms with Crippen LogP contribution in [-0.2, 0) is 0 Å². The van der Waals surface area contributed by atoms with E-state index in [9.17, 15) is 0 Å². The molecule has 0 atom stereocenters. The first-order valence-electron chi connectivity index (χ1n) is 6.81. The van der Waals surface area contributed by atoms with Crippen molar-refractivity contribution in [1.29, 1.82) is 5.41 Å². The first-order chi connectivity index (χ1) is 10.5. The van der Waals surface area contributed by atoms with Crippen molar-refractivity contribution in [1.82, 2.24) is 0 Å². The molecule has 114 valence electrons. The Morgan fingerprint density at radius 2 is 1.86 bits per heavy atom. The number of aliphatic imine (C=N–C) groups is 1. The van der Waals surface area contributed by atoms with Crippen LogP contribution in [0, 0.1) is 5.41 Å². The Labute approximate surface area is 135 Å². The van der Waals surface area contributed by atoms with Crippen LogP contribution < -0.4 is 10.1 Å². The average molecular weight is 316 g/mol. The number of nitrogens with one attached hydrogen (secondary N) is 2. The van der Waals surface area contributed by atoms with Gasteiger partial charge in [-0.25, -0.2) is 4.99 Å². The van der Waals surface area contributed by atoms with Crippen LogP contribution in [-0.4, -0.2) is 25.7 Å². The van der Waals surface area contributed by atoms with Crippen molar-refractivity contribution in [2.24, 2.45) is 4.99 Å². The van der Waals surface area contributed by atoms with Gasteiger partial charge in [-0.05, 0) is 37.3 Å². The largest absolute Gasteiger partial charge is 0.497 e. The van der Waals surface area contributed by atoms with Crippen LogP contribution in [0.3, 0.4) is 0 Å². The summed E-state index contributed by atoms with van der Waals surface area (Å²) in [4.78, 5) is 4.39. The fourth-order valence-electron chi connectivity index (χ4n) is 2.12. The Balaban J connectivity index is 2.64. The second-order valence-corrected chi connectivity index (χ2v) is 5.15. The van der Waals surface area contributed by atoms with Crippen LogP contribution in [0.1, 0.15) is 18.1 Å². The topological polar surface area (TPSA) is 57.5 Å². The van der Waals surface area contributed by atoms with E-state index < -0.39 is 0 Å². The van der Waals surface area contributed by atoms with E-state index >= 15 is 0 Å². The van der Waals surface area contributed by atoms with Gasteiger partial charge in [-0.15, -0.1) is 0 Å². The summed E-state index contributed by atoms with van der Waals surface area (Å²) in [6.07, 6.45) is 0. The normalized spacial score (nSPS) is 11.2. The van der Waals surface area contributed by atoms with Crippen molar-refractivity contribution in [2.75, 3.05) is 19.5 Å². The lowest BCUT2D eigenvalue weighted by Crippen LogP contribution is -2.09. The van der Waals surface area contributed by atoms with Crippen LogP contribution in [0.2, 0.25) is 5.02 Å². The van der Waals surface area contributed by atoms with Crippen LogP contribution in [0.15, 0.2) is 47.5 Å². The molecule has 0 amide bonds. The number of anilines is 1. The maximum Gasteiger partial charge on any atom is 0.119 e. The summed E-state index contributed by atoms with van der Waals surface area (Å²) in [5.41, 5.74) is 3.37. The minimum Gasteiger partial charge on any atom is -0.497 e. The predicted molar refractivity (Wildman–Crippen MR) is 93.0 cm³/mol. The number of hydrogen-bond donors (Lipinski definition) is 2. The lowest BCUT2D eigenvalue weighted by atomic mass is 10.00. The van der Waals surface area contributed by atoms with E-state index in [4.69, 9.17) is 21.7 Å². The van der Waals surface area contributed by atoms with Gasteiger partial charge in [-0.2, -0.15) is 0 Å². The molecule has 0 bridgehead atoms. The maximum atomic E-state index is 7.73. The van der Waals surface area contributed by atoms with Gasteiger partial charge in [-0.1, -0.05) is 23.7 Å². The van der Waals surface area contributed by atoms with Crippen LogP contribution >= 0.6 is 11.6 Å². The van der Waals surface area contributed by atoms with E-state index in [2.05, 4.69) is 10.3 Å². The van der Waals surface area contributed by atoms with Crippen LogP contribution in [0.4, 0.5) is 5.69 Å². The van der Waals surface area contributed by atoms with Gasteiger partial charge in [-0.3, -0.25) is 5.41 Å². The molecular weight excluding hydrogens is 298 g/mol. The van der Waals surface area contributed by atoms with Crippen molar-refractivity contribution in [2.45, 2.75) is 6.92 Å². The van der Waals surface area contributed by atoms with E-state index in [1.165, 1.54) is 0 Å². The highest BCUT2D eigenvalue weighted by Crippen LogP contribution is 2.25. The van der Waals surface area contributed by atoms with E-state index in [1.807, 2.05) is 49.5 Å². The van der Waals surface area contributed by atoms with Gasteiger partial charge in [0.15, 0.2) is 0 Å². The molecule has 0 aliphatic rings. The van der Waals surface area contributed by atoms with Gasteiger partial charge < -0.3 is 10.1 Å². The number of halogens is 1. The average Bonchev–Trinajstić information content (AvgIpc) is 2.52. The van der Waals surface area contributed by atoms with Crippen molar-refractivity contribution in [3.63, 3.8) is 0 Å². The number of amidine groups is 1. The highest BCUT2D eigenvalue weighted by atomic mass is 35.5. The molecule has 2 aromatic rings. The molecule has 0 radical (unpaired) electrons. The molecule has 0 aromatic heterocycles. The summed E-state index contributed by atoms with van der Waals surface area (Å²) in [6.45, 7) is 1.65. The number of rotatable bonds is 4. The molecule has 0 saturated carbocycles. The van der Waals surface area contributed by atoms with Gasteiger partial charge in [0.1, 0.15) is 11.6 Å². The smallest absolute Gasteiger partial charge is 0.119 e. The number of methoxy groups -OCH3 is 1. The summed E-state index contributed by atoms with van der Waals surface area (Å²) in [5.74, 6) is 0.966. The zero-order valence-electron chi connectivity index (χ0n) is 12.8. The molecule has 2 N–H and O–H groups in total. The molecule has 0 aliphatic heterocycles. The number of benzene rings is 2. The summed E-state index contributed by atoms with van der Waals surface area (Å²) in [5, 5.41) is 11.5. The molecule has 22 heavy (non-hydrogen) atoms. The van der Waals surface area contributed by atoms with E-state index in [-0.39, 0.29) is 5.84 Å². The maximum absolute atomic E-state index is 7.73. The molecule has 2 rings (SSSR count). The standard InChI is InChI=1S/C17H18ClN3O/c1-11(19)21-17(12-4-6-13(18)7-5-12)15-10-14(22-3)8-9-16(15)20-2/h4-10,19-20H,1-3H3/b19-11?,21-17-. The van der Waals surface area contributed by atoms with E-state index in [0.29, 0.717) is 10.7 Å². The molecule has 0 spiro atoms. The Hall–Kier alpha value is -2.33. The summed E-state index contributed by atoms with van der Waals surface area (Å²) in [7, 11) is 3.47. The molecule has 0 fully saturated rings. The van der Waals surface area contributed by atoms with Gasteiger partial charge in [0.05, 0.1) is 12.8 Å². The summed E-state index contributed by atoms with van der Waals surface area (Å²) >= 11 is 5.96. The fraction of sp³-hybridized carbons (Fsp3) is 0.176. The number of ether oxygens (including phenoxy) is 1. The van der Waals surface area contributed by atoms with Crippen molar-refractivity contribution in [3.8, 4) is 5.75 Å². The molecule has 4 nitrogen and oxygen atoms in total. The second-order valence-electron chi connectivity index (χ2n) is 4.71. The zero-order valence-corrected chi connectivity index (χ0v) is 13.5. The highest BCUT2D eigenvalue weighted by molar-refractivity contribution is 6.30. The van der Waals surface area contributed by atoms with E-state index in [0.717, 1.165) is 22.6 Å². The summed E-state index contributed by atoms with van der Waals surface area (Å²) < 4.78 is 5.31. The van der Waals surface area contributed by atoms with Crippen molar-refractivity contribution in [3.05, 3.63) is 58.6 Å². The van der Waals surface area contributed by atoms with Crippen molar-refractivity contribution < 1.29 is 4.74 Å². The molecule has 0 aliphatic carbocycles. The minimum absolute atomic E-state index is 0.231. The molecule has 0 unspecified atom stereocenters.